The number of hydrogen-bond acceptors (Lipinski definition) is 4. The average molecular weight is 326 g/mol. The predicted octanol–water partition coefficient (Wildman–Crippen LogP) is 4.36. The molecule has 0 aromatic rings. The molecule has 4 nitrogen and oxygen atoms in total. The summed E-state index contributed by atoms with van der Waals surface area (Å²) < 4.78 is 10.7. The Hall–Kier alpha value is -1.06. The zero-order valence-electron chi connectivity index (χ0n) is 15.3. The smallest absolute Gasteiger partial charge is 0.309 e. The van der Waals surface area contributed by atoms with Crippen molar-refractivity contribution in [2.45, 2.75) is 72.6 Å². The van der Waals surface area contributed by atoms with E-state index in [1.165, 1.54) is 19.3 Å². The van der Waals surface area contributed by atoms with Crippen LogP contribution in [-0.4, -0.2) is 25.2 Å². The first kappa shape index (κ1) is 20.0. The topological polar surface area (TPSA) is 52.6 Å². The standard InChI is InChI=1S/C19H34O4/c1-14(2)10-17(11-18(20)22-12-15(3)4)19(21)23-13-16-8-6-5-7-9-16/h14-17H,5-13H2,1-4H3. The monoisotopic (exact) mass is 326 g/mol. The lowest BCUT2D eigenvalue weighted by Crippen LogP contribution is -2.26. The second-order valence-corrected chi connectivity index (χ2v) is 7.74. The van der Waals surface area contributed by atoms with Crippen LogP contribution in [0, 0.1) is 23.7 Å². The minimum atomic E-state index is -0.377. The Kier molecular flexibility index (Phi) is 9.27. The molecule has 1 fully saturated rings. The van der Waals surface area contributed by atoms with Gasteiger partial charge >= 0.3 is 11.9 Å². The second-order valence-electron chi connectivity index (χ2n) is 7.74. The van der Waals surface area contributed by atoms with E-state index < -0.39 is 0 Å². The molecule has 134 valence electrons. The first-order valence-electron chi connectivity index (χ1n) is 9.20. The Bertz CT molecular complexity index is 356. The summed E-state index contributed by atoms with van der Waals surface area (Å²) in [5.41, 5.74) is 0. The van der Waals surface area contributed by atoms with Gasteiger partial charge < -0.3 is 9.47 Å². The lowest BCUT2D eigenvalue weighted by Gasteiger charge is -2.23. The SMILES string of the molecule is CC(C)COC(=O)CC(CC(C)C)C(=O)OCC1CCCCC1. The van der Waals surface area contributed by atoms with E-state index >= 15 is 0 Å². The molecule has 1 saturated carbocycles. The summed E-state index contributed by atoms with van der Waals surface area (Å²) in [6, 6.07) is 0. The summed E-state index contributed by atoms with van der Waals surface area (Å²) in [4.78, 5) is 24.3. The van der Waals surface area contributed by atoms with Crippen molar-refractivity contribution in [2.75, 3.05) is 13.2 Å². The highest BCUT2D eigenvalue weighted by Gasteiger charge is 2.26. The lowest BCUT2D eigenvalue weighted by molar-refractivity contribution is -0.157. The van der Waals surface area contributed by atoms with Crippen LogP contribution in [0.2, 0.25) is 0 Å². The van der Waals surface area contributed by atoms with Crippen molar-refractivity contribution in [3.63, 3.8) is 0 Å². The number of ether oxygens (including phenoxy) is 2. The van der Waals surface area contributed by atoms with Crippen LogP contribution in [0.5, 0.6) is 0 Å². The van der Waals surface area contributed by atoms with Crippen LogP contribution in [-0.2, 0) is 19.1 Å². The molecule has 0 radical (unpaired) electrons. The molecule has 4 heteroatoms. The van der Waals surface area contributed by atoms with Crippen molar-refractivity contribution in [3.8, 4) is 0 Å². The van der Waals surface area contributed by atoms with Gasteiger partial charge in [-0.05, 0) is 37.0 Å². The summed E-state index contributed by atoms with van der Waals surface area (Å²) in [5.74, 6) is 0.254. The molecule has 0 saturated heterocycles. The molecule has 0 bridgehead atoms. The fourth-order valence-corrected chi connectivity index (χ4v) is 3.02. The highest BCUT2D eigenvalue weighted by molar-refractivity contribution is 5.80. The number of hydrogen-bond donors (Lipinski definition) is 0. The molecule has 1 aliphatic rings. The van der Waals surface area contributed by atoms with Gasteiger partial charge in [-0.2, -0.15) is 0 Å². The Morgan fingerprint density at radius 3 is 2.17 bits per heavy atom. The summed E-state index contributed by atoms with van der Waals surface area (Å²) in [5, 5.41) is 0. The Labute approximate surface area is 141 Å². The largest absolute Gasteiger partial charge is 0.465 e. The average Bonchev–Trinajstić information content (AvgIpc) is 2.50. The summed E-state index contributed by atoms with van der Waals surface area (Å²) in [6.45, 7) is 9.02. The van der Waals surface area contributed by atoms with Crippen molar-refractivity contribution in [3.05, 3.63) is 0 Å². The van der Waals surface area contributed by atoms with E-state index in [1.807, 2.05) is 13.8 Å². The molecule has 0 N–H and O–H groups in total. The van der Waals surface area contributed by atoms with Crippen LogP contribution in [0.15, 0.2) is 0 Å². The van der Waals surface area contributed by atoms with Crippen molar-refractivity contribution >= 4 is 11.9 Å². The number of esters is 2. The normalized spacial score (nSPS) is 17.3. The van der Waals surface area contributed by atoms with Crippen molar-refractivity contribution < 1.29 is 19.1 Å². The Morgan fingerprint density at radius 1 is 0.957 bits per heavy atom. The van der Waals surface area contributed by atoms with Gasteiger partial charge in [-0.3, -0.25) is 9.59 Å². The first-order chi connectivity index (χ1) is 10.9. The van der Waals surface area contributed by atoms with E-state index in [9.17, 15) is 9.59 Å². The summed E-state index contributed by atoms with van der Waals surface area (Å²) in [7, 11) is 0. The lowest BCUT2D eigenvalue weighted by atomic mass is 9.90. The van der Waals surface area contributed by atoms with E-state index in [4.69, 9.17) is 9.47 Å². The molecule has 1 aliphatic carbocycles. The third kappa shape index (κ3) is 8.97. The fraction of sp³-hybridized carbons (Fsp3) is 0.895. The zero-order valence-corrected chi connectivity index (χ0v) is 15.3. The van der Waals surface area contributed by atoms with Gasteiger partial charge in [-0.15, -0.1) is 0 Å². The maximum absolute atomic E-state index is 12.4. The van der Waals surface area contributed by atoms with Gasteiger partial charge in [-0.1, -0.05) is 47.0 Å². The van der Waals surface area contributed by atoms with E-state index in [0.29, 0.717) is 37.4 Å². The van der Waals surface area contributed by atoms with Gasteiger partial charge in [0, 0.05) is 0 Å². The molecule has 0 aromatic heterocycles. The number of carbonyl (C=O) groups excluding carboxylic acids is 2. The van der Waals surface area contributed by atoms with Gasteiger partial charge in [0.2, 0.25) is 0 Å². The second kappa shape index (κ2) is 10.7. The van der Waals surface area contributed by atoms with E-state index in [-0.39, 0.29) is 24.3 Å². The molecule has 1 unspecified atom stereocenters. The van der Waals surface area contributed by atoms with Crippen LogP contribution < -0.4 is 0 Å². The molecule has 0 spiro atoms. The molecule has 0 amide bonds. The third-order valence-electron chi connectivity index (χ3n) is 4.27. The van der Waals surface area contributed by atoms with Crippen molar-refractivity contribution in [1.29, 1.82) is 0 Å². The molecule has 23 heavy (non-hydrogen) atoms. The molecule has 0 aliphatic heterocycles. The van der Waals surface area contributed by atoms with Crippen LogP contribution in [0.3, 0.4) is 0 Å². The predicted molar refractivity (Wildman–Crippen MR) is 90.9 cm³/mol. The van der Waals surface area contributed by atoms with Gasteiger partial charge in [0.15, 0.2) is 0 Å². The summed E-state index contributed by atoms with van der Waals surface area (Å²) >= 11 is 0. The van der Waals surface area contributed by atoms with E-state index in [1.54, 1.807) is 0 Å². The molecule has 1 rings (SSSR count). The summed E-state index contributed by atoms with van der Waals surface area (Å²) in [6.07, 6.45) is 6.87. The molecular formula is C19H34O4. The van der Waals surface area contributed by atoms with Gasteiger partial charge in [0.1, 0.15) is 0 Å². The fourth-order valence-electron chi connectivity index (χ4n) is 3.02. The molecule has 0 aromatic carbocycles. The van der Waals surface area contributed by atoms with Crippen LogP contribution >= 0.6 is 0 Å². The minimum Gasteiger partial charge on any atom is -0.465 e. The molecular weight excluding hydrogens is 292 g/mol. The van der Waals surface area contributed by atoms with Gasteiger partial charge in [0.25, 0.3) is 0 Å². The molecule has 0 heterocycles. The highest BCUT2D eigenvalue weighted by Crippen LogP contribution is 2.25. The van der Waals surface area contributed by atoms with Gasteiger partial charge in [0.05, 0.1) is 25.6 Å². The van der Waals surface area contributed by atoms with Crippen LogP contribution in [0.1, 0.15) is 72.6 Å². The minimum absolute atomic E-state index is 0.133. The van der Waals surface area contributed by atoms with E-state index in [2.05, 4.69) is 13.8 Å². The van der Waals surface area contributed by atoms with Gasteiger partial charge in [-0.25, -0.2) is 0 Å². The Balaban J connectivity index is 2.44. The van der Waals surface area contributed by atoms with Crippen molar-refractivity contribution in [2.24, 2.45) is 23.7 Å². The van der Waals surface area contributed by atoms with Crippen molar-refractivity contribution in [1.82, 2.24) is 0 Å². The molecule has 1 atom stereocenters. The van der Waals surface area contributed by atoms with Crippen LogP contribution in [0.25, 0.3) is 0 Å². The highest BCUT2D eigenvalue weighted by atomic mass is 16.5. The maximum atomic E-state index is 12.4. The Morgan fingerprint density at radius 2 is 1.61 bits per heavy atom. The zero-order chi connectivity index (χ0) is 17.2. The quantitative estimate of drug-likeness (QED) is 0.591. The maximum Gasteiger partial charge on any atom is 0.309 e. The number of carbonyl (C=O) groups is 2. The first-order valence-corrected chi connectivity index (χ1v) is 9.20. The van der Waals surface area contributed by atoms with E-state index in [0.717, 1.165) is 12.8 Å². The van der Waals surface area contributed by atoms with Crippen LogP contribution in [0.4, 0.5) is 0 Å². The number of rotatable bonds is 9. The third-order valence-corrected chi connectivity index (χ3v) is 4.27.